The molecule has 23 nitrogen and oxygen atoms in total. The van der Waals surface area contributed by atoms with E-state index in [2.05, 4.69) is 104 Å². The zero-order valence-electron chi connectivity index (χ0n) is 48.9. The van der Waals surface area contributed by atoms with Gasteiger partial charge in [-0.15, -0.1) is 0 Å². The van der Waals surface area contributed by atoms with Crippen LogP contribution in [0.25, 0.3) is 16.7 Å². The third kappa shape index (κ3) is 12.8. The number of nitrogens with zero attached hydrogens (tertiary/aromatic N) is 7. The van der Waals surface area contributed by atoms with Crippen LogP contribution in [-0.4, -0.2) is 127 Å². The van der Waals surface area contributed by atoms with Gasteiger partial charge in [0.25, 0.3) is 5.91 Å². The van der Waals surface area contributed by atoms with E-state index in [-0.39, 0.29) is 54.5 Å². The van der Waals surface area contributed by atoms with Gasteiger partial charge in [0.15, 0.2) is 11.5 Å². The fraction of sp³-hybridized carbons (Fsp3) is 0.552. The summed E-state index contributed by atoms with van der Waals surface area (Å²) in [5.74, 6) is 0.195. The third-order valence-corrected chi connectivity index (χ3v) is 21.5. The number of imidazole rings is 1. The highest BCUT2D eigenvalue weighted by Crippen LogP contribution is 2.68. The number of phosphoric acid groups is 3. The number of fused-ring (bicyclic) bond motifs is 5. The standard InChI is InChI=1S/C58H78N9O14P3/c1-8-67-45-30-44-42(29-41(45)36(2)32-57(67,3)4)50(43-28-37-18-15-25-65-26-16-21-40(53(37)65)51(43)58(44,5)6)38-19-11-12-20-39(38)56(70)64(7)24-17-22-48(69)60-23-13-9-10-14-27-77-82(71,72)80-84(75,76)81-83(73,74)78-33-47-46(68)31-49(79-47)66-35-63-52-54(59)61-34-62-55(52)66/h11-12,19-20,28-30,34-36,46-47,49,68H,8-10,13-18,21-27,31-33H2,1-7H3,(H5-,59,60,61,62,69,71,72,73,74,75,76)/p+1/t36?,46-,47+,49+/m0/s1. The highest BCUT2D eigenvalue weighted by Gasteiger charge is 2.46. The Bertz CT molecular complexity index is 3650. The van der Waals surface area contributed by atoms with Crippen LogP contribution in [0.4, 0.5) is 11.5 Å². The van der Waals surface area contributed by atoms with Gasteiger partial charge < -0.3 is 45.4 Å². The molecule has 7 atom stereocenters. The summed E-state index contributed by atoms with van der Waals surface area (Å²) < 4.78 is 65.4. The molecule has 0 bridgehead atoms. The number of phosphoric ester groups is 2. The number of carbonyl (C=O) groups excluding carboxylic acids is 2. The SMILES string of the molecule is CCN1c2cc3c(cc2C(C)CC1(C)C)C(c1ccccc1C(=O)N(C)CCCC(=O)NCCCCCCOP(=O)(O)OP(=O)(O)OP(=O)(O)OC[C@H]1O[C@@H](n2cnc4c(N)ncnc42)C[C@@H]1O)=c1cc2c4c(c1C3(C)C)CCC[N+]=4CCC2. The van der Waals surface area contributed by atoms with Gasteiger partial charge in [0, 0.05) is 85.7 Å². The molecule has 5 aromatic rings. The van der Waals surface area contributed by atoms with Gasteiger partial charge in [0.2, 0.25) is 11.3 Å². The van der Waals surface area contributed by atoms with Crippen LogP contribution in [0.15, 0.2) is 55.1 Å². The number of aliphatic hydroxyl groups excluding tert-OH is 1. The molecular formula is C58H79N9O14P3+. The van der Waals surface area contributed by atoms with E-state index in [1.807, 2.05) is 18.2 Å². The lowest BCUT2D eigenvalue weighted by molar-refractivity contribution is -0.121. The number of hydrogen-bond acceptors (Lipinski definition) is 16. The molecule has 2 aromatic heterocycles. The molecule has 2 amide bonds. The number of aromatic nitrogens is 4. The smallest absolute Gasteiger partial charge is 0.390 e. The minimum atomic E-state index is -5.74. The first-order valence-electron chi connectivity index (χ1n) is 29.2. The Kier molecular flexibility index (Phi) is 18.0. The highest BCUT2D eigenvalue weighted by atomic mass is 31.3. The van der Waals surface area contributed by atoms with Gasteiger partial charge in [0.05, 0.1) is 25.6 Å². The first-order chi connectivity index (χ1) is 39.8. The summed E-state index contributed by atoms with van der Waals surface area (Å²) in [6.07, 6.45) is 7.13. The normalized spacial score (nSPS) is 22.5. The number of amides is 2. The van der Waals surface area contributed by atoms with Gasteiger partial charge >= 0.3 is 23.5 Å². The van der Waals surface area contributed by atoms with Crippen molar-refractivity contribution in [3.8, 4) is 0 Å². The van der Waals surface area contributed by atoms with E-state index < -0.39 is 48.5 Å². The lowest BCUT2D eigenvalue weighted by atomic mass is 9.64. The van der Waals surface area contributed by atoms with E-state index in [0.29, 0.717) is 61.4 Å². The number of benzene rings is 3. The van der Waals surface area contributed by atoms with E-state index in [9.17, 15) is 43.1 Å². The Morgan fingerprint density at radius 2 is 1.64 bits per heavy atom. The van der Waals surface area contributed by atoms with Gasteiger partial charge in [-0.25, -0.2) is 33.2 Å². The third-order valence-electron chi connectivity index (χ3n) is 17.2. The van der Waals surface area contributed by atoms with Crippen molar-refractivity contribution in [1.29, 1.82) is 0 Å². The summed E-state index contributed by atoms with van der Waals surface area (Å²) in [5.41, 5.74) is 18.2. The Labute approximate surface area is 489 Å². The number of carbonyl (C=O) groups is 2. The van der Waals surface area contributed by atoms with Crippen LogP contribution >= 0.6 is 23.5 Å². The number of ether oxygens (including phenoxy) is 1. The largest absolute Gasteiger partial charge is 0.490 e. The molecule has 0 saturated carbocycles. The molecule has 5 aliphatic rings. The summed E-state index contributed by atoms with van der Waals surface area (Å²) in [6, 6.07) is 15.5. The molecular weight excluding hydrogens is 1140 g/mol. The molecule has 454 valence electrons. The molecule has 0 radical (unpaired) electrons. The van der Waals surface area contributed by atoms with E-state index in [4.69, 9.17) is 19.5 Å². The van der Waals surface area contributed by atoms with Crippen molar-refractivity contribution in [2.75, 3.05) is 63.6 Å². The van der Waals surface area contributed by atoms with Crippen LogP contribution in [0.3, 0.4) is 0 Å². The van der Waals surface area contributed by atoms with Crippen LogP contribution in [0.1, 0.15) is 167 Å². The van der Waals surface area contributed by atoms with Crippen molar-refractivity contribution >= 4 is 63.5 Å². The van der Waals surface area contributed by atoms with Crippen molar-refractivity contribution in [3.63, 3.8) is 0 Å². The molecule has 3 aromatic carbocycles. The summed E-state index contributed by atoms with van der Waals surface area (Å²) in [6.45, 7) is 16.7. The molecule has 1 saturated heterocycles. The Hall–Kier alpha value is -5.25. The van der Waals surface area contributed by atoms with Crippen LogP contribution in [0, 0.1) is 0 Å². The molecule has 84 heavy (non-hydrogen) atoms. The summed E-state index contributed by atoms with van der Waals surface area (Å²) in [7, 11) is -14.7. The summed E-state index contributed by atoms with van der Waals surface area (Å²) in [5, 5.41) is 16.1. The average Bonchev–Trinajstić information content (AvgIpc) is 0.972. The van der Waals surface area contributed by atoms with Crippen molar-refractivity contribution in [2.24, 2.45) is 0 Å². The predicted molar refractivity (Wildman–Crippen MR) is 316 cm³/mol. The topological polar surface area (TPSA) is 304 Å². The van der Waals surface area contributed by atoms with Gasteiger partial charge in [-0.05, 0) is 128 Å². The number of aliphatic hydroxyl groups is 1. The average molecular weight is 1220 g/mol. The first kappa shape index (κ1) is 61.8. The zero-order valence-corrected chi connectivity index (χ0v) is 51.5. The highest BCUT2D eigenvalue weighted by molar-refractivity contribution is 7.66. The lowest BCUT2D eigenvalue weighted by Gasteiger charge is -2.48. The zero-order chi connectivity index (χ0) is 60.1. The molecule has 0 spiro atoms. The van der Waals surface area contributed by atoms with Crippen LogP contribution in [-0.2, 0) is 59.2 Å². The molecule has 6 heterocycles. The van der Waals surface area contributed by atoms with Crippen LogP contribution in [0.2, 0.25) is 0 Å². The Morgan fingerprint density at radius 1 is 0.917 bits per heavy atom. The van der Waals surface area contributed by atoms with Gasteiger partial charge in [0.1, 0.15) is 37.3 Å². The molecule has 4 unspecified atom stereocenters. The van der Waals surface area contributed by atoms with E-state index in [0.717, 1.165) is 62.9 Å². The minimum Gasteiger partial charge on any atom is -0.390 e. The number of nitrogens with two attached hydrogens (primary N) is 1. The number of unbranched alkanes of at least 4 members (excludes halogenated alkanes) is 3. The summed E-state index contributed by atoms with van der Waals surface area (Å²) >= 11 is 0. The molecule has 4 aliphatic heterocycles. The lowest BCUT2D eigenvalue weighted by Crippen LogP contribution is -2.50. The van der Waals surface area contributed by atoms with Crippen molar-refractivity contribution < 1.29 is 65.5 Å². The van der Waals surface area contributed by atoms with Gasteiger partial charge in [-0.1, -0.05) is 51.8 Å². The van der Waals surface area contributed by atoms with Crippen molar-refractivity contribution in [2.45, 2.75) is 154 Å². The molecule has 10 rings (SSSR count). The van der Waals surface area contributed by atoms with Crippen LogP contribution in [0.5, 0.6) is 0 Å². The second kappa shape index (κ2) is 24.5. The number of aryl methyl sites for hydroxylation is 1. The molecule has 1 aliphatic carbocycles. The maximum atomic E-state index is 14.8. The van der Waals surface area contributed by atoms with Gasteiger partial charge in [-0.3, -0.25) is 23.2 Å². The number of nitrogen functional groups attached to an aromatic ring is 1. The molecule has 1 fully saturated rings. The fourth-order valence-electron chi connectivity index (χ4n) is 13.5. The molecule has 7 N–H and O–H groups in total. The second-order valence-corrected chi connectivity index (χ2v) is 28.6. The maximum Gasteiger partial charge on any atom is 0.490 e. The first-order valence-corrected chi connectivity index (χ1v) is 33.6. The Morgan fingerprint density at radius 3 is 2.40 bits per heavy atom. The minimum absolute atomic E-state index is 0.00239. The number of hydrogen-bond donors (Lipinski definition) is 6. The van der Waals surface area contributed by atoms with E-state index in [1.165, 1.54) is 66.9 Å². The van der Waals surface area contributed by atoms with Crippen molar-refractivity contribution in [3.05, 3.63) is 110 Å². The predicted octanol–water partition coefficient (Wildman–Crippen LogP) is 7.04. The monoisotopic (exact) mass is 1220 g/mol. The maximum absolute atomic E-state index is 14.8. The number of rotatable bonds is 23. The van der Waals surface area contributed by atoms with Crippen LogP contribution < -0.4 is 31.1 Å². The van der Waals surface area contributed by atoms with E-state index >= 15 is 0 Å². The quantitative estimate of drug-likeness (QED) is 0.0217. The van der Waals surface area contributed by atoms with Gasteiger partial charge in [-0.2, -0.15) is 8.62 Å². The number of anilines is 2. The van der Waals surface area contributed by atoms with E-state index in [1.54, 1.807) is 11.9 Å². The number of nitrogens with one attached hydrogen (secondary N) is 1. The van der Waals surface area contributed by atoms with Crippen molar-refractivity contribution in [1.82, 2.24) is 34.3 Å². The second-order valence-electron chi connectivity index (χ2n) is 24.0. The fourth-order valence-corrected chi connectivity index (χ4v) is 17.1. The summed E-state index contributed by atoms with van der Waals surface area (Å²) in [4.78, 5) is 74.5. The Balaban J connectivity index is 0.696. The molecule has 26 heteroatoms.